The standard InChI is InChI=1S/C15H20N2O/c1-3-10-17-15(18)9-8-14(11-16)13-6-4-12(2)5-7-13/h4-7,14H,3,8-10H2,1-2H3,(H,17,18). The molecule has 3 heteroatoms. The van der Waals surface area contributed by atoms with Crippen LogP contribution in [0.5, 0.6) is 0 Å². The van der Waals surface area contributed by atoms with E-state index in [1.165, 1.54) is 5.56 Å². The summed E-state index contributed by atoms with van der Waals surface area (Å²) in [5, 5.41) is 12.0. The number of nitrogens with one attached hydrogen (secondary N) is 1. The van der Waals surface area contributed by atoms with Gasteiger partial charge in [-0.15, -0.1) is 0 Å². The number of carbonyl (C=O) groups is 1. The maximum Gasteiger partial charge on any atom is 0.220 e. The Morgan fingerprint density at radius 1 is 1.39 bits per heavy atom. The molecule has 0 fully saturated rings. The summed E-state index contributed by atoms with van der Waals surface area (Å²) in [4.78, 5) is 11.5. The fourth-order valence-corrected chi connectivity index (χ4v) is 1.73. The van der Waals surface area contributed by atoms with Crippen LogP contribution in [-0.4, -0.2) is 12.5 Å². The number of nitriles is 1. The van der Waals surface area contributed by atoms with Crippen molar-refractivity contribution in [3.63, 3.8) is 0 Å². The Morgan fingerprint density at radius 2 is 2.06 bits per heavy atom. The first-order valence-electron chi connectivity index (χ1n) is 6.40. The highest BCUT2D eigenvalue weighted by molar-refractivity contribution is 5.75. The second kappa shape index (κ2) is 7.50. The summed E-state index contributed by atoms with van der Waals surface area (Å²) in [5.41, 5.74) is 2.17. The number of aryl methyl sites for hydroxylation is 1. The molecule has 0 saturated carbocycles. The smallest absolute Gasteiger partial charge is 0.220 e. The molecule has 18 heavy (non-hydrogen) atoms. The summed E-state index contributed by atoms with van der Waals surface area (Å²) in [6.07, 6.45) is 1.92. The van der Waals surface area contributed by atoms with E-state index in [-0.39, 0.29) is 11.8 Å². The summed E-state index contributed by atoms with van der Waals surface area (Å²) in [7, 11) is 0. The Bertz CT molecular complexity index is 417. The molecule has 0 spiro atoms. The minimum absolute atomic E-state index is 0.0317. The van der Waals surface area contributed by atoms with E-state index in [1.807, 2.05) is 38.1 Å². The molecule has 1 atom stereocenters. The minimum atomic E-state index is -0.196. The van der Waals surface area contributed by atoms with Crippen LogP contribution in [0.4, 0.5) is 0 Å². The average Bonchev–Trinajstić information content (AvgIpc) is 2.39. The van der Waals surface area contributed by atoms with Gasteiger partial charge in [0.2, 0.25) is 5.91 Å². The predicted octanol–water partition coefficient (Wildman–Crippen LogP) is 2.91. The first-order chi connectivity index (χ1) is 8.67. The van der Waals surface area contributed by atoms with E-state index >= 15 is 0 Å². The van der Waals surface area contributed by atoms with Gasteiger partial charge in [-0.25, -0.2) is 0 Å². The van der Waals surface area contributed by atoms with E-state index in [4.69, 9.17) is 5.26 Å². The van der Waals surface area contributed by atoms with Gasteiger partial charge in [-0.05, 0) is 25.3 Å². The highest BCUT2D eigenvalue weighted by atomic mass is 16.1. The zero-order valence-corrected chi connectivity index (χ0v) is 11.1. The molecule has 1 unspecified atom stereocenters. The van der Waals surface area contributed by atoms with E-state index in [1.54, 1.807) is 0 Å². The normalized spacial score (nSPS) is 11.6. The van der Waals surface area contributed by atoms with Crippen LogP contribution in [0.25, 0.3) is 0 Å². The fraction of sp³-hybridized carbons (Fsp3) is 0.467. The first kappa shape index (κ1) is 14.2. The van der Waals surface area contributed by atoms with E-state index in [2.05, 4.69) is 11.4 Å². The molecular weight excluding hydrogens is 224 g/mol. The predicted molar refractivity (Wildman–Crippen MR) is 72.1 cm³/mol. The van der Waals surface area contributed by atoms with Gasteiger partial charge in [0.05, 0.1) is 12.0 Å². The van der Waals surface area contributed by atoms with Gasteiger partial charge in [0.25, 0.3) is 0 Å². The van der Waals surface area contributed by atoms with Crippen molar-refractivity contribution in [2.75, 3.05) is 6.54 Å². The Morgan fingerprint density at radius 3 is 2.61 bits per heavy atom. The lowest BCUT2D eigenvalue weighted by atomic mass is 9.95. The number of hydrogen-bond acceptors (Lipinski definition) is 2. The second-order valence-electron chi connectivity index (χ2n) is 4.48. The molecule has 1 amide bonds. The molecule has 0 aliphatic heterocycles. The molecule has 0 aliphatic rings. The van der Waals surface area contributed by atoms with Crippen LogP contribution in [0.15, 0.2) is 24.3 Å². The third-order valence-electron chi connectivity index (χ3n) is 2.87. The summed E-state index contributed by atoms with van der Waals surface area (Å²) in [5.74, 6) is -0.165. The topological polar surface area (TPSA) is 52.9 Å². The van der Waals surface area contributed by atoms with E-state index in [0.717, 1.165) is 12.0 Å². The van der Waals surface area contributed by atoms with Crippen molar-refractivity contribution in [3.05, 3.63) is 35.4 Å². The molecule has 0 saturated heterocycles. The SMILES string of the molecule is CCCNC(=O)CCC(C#N)c1ccc(C)cc1. The van der Waals surface area contributed by atoms with Gasteiger partial charge in [0, 0.05) is 13.0 Å². The van der Waals surface area contributed by atoms with Crippen LogP contribution < -0.4 is 5.32 Å². The lowest BCUT2D eigenvalue weighted by molar-refractivity contribution is -0.121. The monoisotopic (exact) mass is 244 g/mol. The molecule has 0 radical (unpaired) electrons. The van der Waals surface area contributed by atoms with Crippen molar-refractivity contribution in [3.8, 4) is 6.07 Å². The zero-order chi connectivity index (χ0) is 13.4. The summed E-state index contributed by atoms with van der Waals surface area (Å²) >= 11 is 0. The van der Waals surface area contributed by atoms with Crippen molar-refractivity contribution >= 4 is 5.91 Å². The van der Waals surface area contributed by atoms with Crippen molar-refractivity contribution in [1.29, 1.82) is 5.26 Å². The van der Waals surface area contributed by atoms with Crippen molar-refractivity contribution < 1.29 is 4.79 Å². The zero-order valence-electron chi connectivity index (χ0n) is 11.1. The number of benzene rings is 1. The van der Waals surface area contributed by atoms with Gasteiger partial charge in [0.1, 0.15) is 0 Å². The maximum absolute atomic E-state index is 11.5. The highest BCUT2D eigenvalue weighted by Gasteiger charge is 2.12. The fourth-order valence-electron chi connectivity index (χ4n) is 1.73. The van der Waals surface area contributed by atoms with E-state index < -0.39 is 0 Å². The van der Waals surface area contributed by atoms with Gasteiger partial charge in [-0.2, -0.15) is 5.26 Å². The molecule has 0 heterocycles. The maximum atomic E-state index is 11.5. The van der Waals surface area contributed by atoms with Crippen molar-refractivity contribution in [2.24, 2.45) is 0 Å². The van der Waals surface area contributed by atoms with Crippen LogP contribution in [0, 0.1) is 18.3 Å². The van der Waals surface area contributed by atoms with Crippen LogP contribution in [0.1, 0.15) is 43.2 Å². The molecule has 0 bridgehead atoms. The summed E-state index contributed by atoms with van der Waals surface area (Å²) in [6.45, 7) is 4.74. The third kappa shape index (κ3) is 4.58. The molecular formula is C15H20N2O. The lowest BCUT2D eigenvalue weighted by Gasteiger charge is -2.09. The summed E-state index contributed by atoms with van der Waals surface area (Å²) < 4.78 is 0. The van der Waals surface area contributed by atoms with E-state index in [0.29, 0.717) is 19.4 Å². The molecule has 3 nitrogen and oxygen atoms in total. The molecule has 1 N–H and O–H groups in total. The second-order valence-corrected chi connectivity index (χ2v) is 4.48. The number of carbonyl (C=O) groups excluding carboxylic acids is 1. The van der Waals surface area contributed by atoms with Gasteiger partial charge in [-0.3, -0.25) is 4.79 Å². The first-order valence-corrected chi connectivity index (χ1v) is 6.40. The molecule has 1 aromatic carbocycles. The molecule has 0 aliphatic carbocycles. The number of nitrogens with zero attached hydrogens (tertiary/aromatic N) is 1. The van der Waals surface area contributed by atoms with Crippen molar-refractivity contribution in [1.82, 2.24) is 5.32 Å². The Labute approximate surface area is 109 Å². The molecule has 1 aromatic rings. The third-order valence-corrected chi connectivity index (χ3v) is 2.87. The van der Waals surface area contributed by atoms with Gasteiger partial charge in [0.15, 0.2) is 0 Å². The van der Waals surface area contributed by atoms with Gasteiger partial charge >= 0.3 is 0 Å². The molecule has 0 aromatic heterocycles. The van der Waals surface area contributed by atoms with E-state index in [9.17, 15) is 4.79 Å². The minimum Gasteiger partial charge on any atom is -0.356 e. The Hall–Kier alpha value is -1.82. The van der Waals surface area contributed by atoms with Gasteiger partial charge < -0.3 is 5.32 Å². The number of hydrogen-bond donors (Lipinski definition) is 1. The van der Waals surface area contributed by atoms with Crippen LogP contribution in [-0.2, 0) is 4.79 Å². The van der Waals surface area contributed by atoms with Crippen LogP contribution in [0.2, 0.25) is 0 Å². The van der Waals surface area contributed by atoms with Crippen molar-refractivity contribution in [2.45, 2.75) is 39.0 Å². The number of rotatable bonds is 6. The van der Waals surface area contributed by atoms with Crippen LogP contribution in [0.3, 0.4) is 0 Å². The molecule has 96 valence electrons. The molecule has 1 rings (SSSR count). The number of amides is 1. The Balaban J connectivity index is 2.50. The summed E-state index contributed by atoms with van der Waals surface area (Å²) in [6, 6.07) is 10.2. The Kier molecular flexibility index (Phi) is 5.93. The largest absolute Gasteiger partial charge is 0.356 e. The lowest BCUT2D eigenvalue weighted by Crippen LogP contribution is -2.24. The van der Waals surface area contributed by atoms with Crippen LogP contribution >= 0.6 is 0 Å². The average molecular weight is 244 g/mol. The highest BCUT2D eigenvalue weighted by Crippen LogP contribution is 2.20. The quantitative estimate of drug-likeness (QED) is 0.836. The van der Waals surface area contributed by atoms with Gasteiger partial charge in [-0.1, -0.05) is 36.8 Å².